The van der Waals surface area contributed by atoms with Gasteiger partial charge in [-0.1, -0.05) is 48.9 Å². The van der Waals surface area contributed by atoms with Crippen LogP contribution in [0.3, 0.4) is 0 Å². The molecule has 2 aromatic carbocycles. The Morgan fingerprint density at radius 1 is 1.11 bits per heavy atom. The van der Waals surface area contributed by atoms with Gasteiger partial charge in [-0.25, -0.2) is 0 Å². The molecule has 1 atom stereocenters. The Labute approximate surface area is 107 Å². The molecule has 0 radical (unpaired) electrons. The summed E-state index contributed by atoms with van der Waals surface area (Å²) in [5.41, 5.74) is 7.53. The van der Waals surface area contributed by atoms with Crippen molar-refractivity contribution >= 4 is 10.8 Å². The highest BCUT2D eigenvalue weighted by atomic mass is 16.3. The van der Waals surface area contributed by atoms with E-state index >= 15 is 0 Å². The Morgan fingerprint density at radius 3 is 2.50 bits per heavy atom. The first kappa shape index (κ1) is 11.7. The maximum atomic E-state index is 9.66. The Morgan fingerprint density at radius 2 is 1.83 bits per heavy atom. The second-order valence-corrected chi connectivity index (χ2v) is 5.42. The molecule has 2 nitrogen and oxygen atoms in total. The van der Waals surface area contributed by atoms with Gasteiger partial charge in [-0.2, -0.15) is 0 Å². The number of nitrogens with two attached hydrogens (primary N) is 1. The molecule has 3 rings (SSSR count). The lowest BCUT2D eigenvalue weighted by Crippen LogP contribution is -2.43. The van der Waals surface area contributed by atoms with Gasteiger partial charge >= 0.3 is 0 Å². The monoisotopic (exact) mass is 241 g/mol. The molecule has 1 saturated carbocycles. The van der Waals surface area contributed by atoms with Crippen LogP contribution >= 0.6 is 0 Å². The fourth-order valence-electron chi connectivity index (χ4n) is 3.05. The van der Waals surface area contributed by atoms with Crippen molar-refractivity contribution in [3.63, 3.8) is 0 Å². The largest absolute Gasteiger partial charge is 0.396 e. The summed E-state index contributed by atoms with van der Waals surface area (Å²) in [5.74, 6) is 0. The van der Waals surface area contributed by atoms with Crippen LogP contribution in [-0.4, -0.2) is 11.7 Å². The zero-order chi connectivity index (χ0) is 12.6. The van der Waals surface area contributed by atoms with Crippen molar-refractivity contribution in [1.82, 2.24) is 0 Å². The molecule has 1 fully saturated rings. The summed E-state index contributed by atoms with van der Waals surface area (Å²) in [6, 6.07) is 14.5. The van der Waals surface area contributed by atoms with E-state index in [0.29, 0.717) is 0 Å². The topological polar surface area (TPSA) is 46.2 Å². The Balaban J connectivity index is 2.09. The van der Waals surface area contributed by atoms with Gasteiger partial charge in [0.15, 0.2) is 0 Å². The average molecular weight is 241 g/mol. The van der Waals surface area contributed by atoms with Crippen molar-refractivity contribution in [2.45, 2.75) is 25.3 Å². The molecule has 0 aliphatic heterocycles. The summed E-state index contributed by atoms with van der Waals surface area (Å²) >= 11 is 0. The molecule has 2 heteroatoms. The number of hydrogen-bond donors (Lipinski definition) is 2. The fraction of sp³-hybridized carbons (Fsp3) is 0.375. The van der Waals surface area contributed by atoms with Crippen LogP contribution in [0.5, 0.6) is 0 Å². The van der Waals surface area contributed by atoms with Crippen LogP contribution in [0.2, 0.25) is 0 Å². The summed E-state index contributed by atoms with van der Waals surface area (Å²) in [4.78, 5) is 0. The molecular formula is C16H19NO. The minimum Gasteiger partial charge on any atom is -0.396 e. The van der Waals surface area contributed by atoms with Crippen LogP contribution in [0, 0.1) is 5.41 Å². The van der Waals surface area contributed by atoms with E-state index in [-0.39, 0.29) is 18.1 Å². The molecule has 0 aromatic heterocycles. The van der Waals surface area contributed by atoms with E-state index in [1.807, 2.05) is 12.1 Å². The maximum absolute atomic E-state index is 9.66. The van der Waals surface area contributed by atoms with E-state index in [0.717, 1.165) is 12.8 Å². The van der Waals surface area contributed by atoms with E-state index in [4.69, 9.17) is 5.73 Å². The summed E-state index contributed by atoms with van der Waals surface area (Å²) in [7, 11) is 0. The SMILES string of the molecule is NC(c1cccc2ccccc12)C1(CO)CCC1. The highest BCUT2D eigenvalue weighted by Gasteiger charge is 2.42. The smallest absolute Gasteiger partial charge is 0.0505 e. The number of aliphatic hydroxyl groups is 1. The van der Waals surface area contributed by atoms with Crippen LogP contribution in [0.1, 0.15) is 30.9 Å². The van der Waals surface area contributed by atoms with Crippen molar-refractivity contribution in [2.75, 3.05) is 6.61 Å². The van der Waals surface area contributed by atoms with Gasteiger partial charge in [0.25, 0.3) is 0 Å². The molecule has 0 spiro atoms. The quantitative estimate of drug-likeness (QED) is 0.867. The number of fused-ring (bicyclic) bond motifs is 1. The maximum Gasteiger partial charge on any atom is 0.0505 e. The molecule has 18 heavy (non-hydrogen) atoms. The second-order valence-electron chi connectivity index (χ2n) is 5.42. The number of aliphatic hydroxyl groups excluding tert-OH is 1. The Hall–Kier alpha value is -1.38. The minimum atomic E-state index is -0.0931. The molecule has 1 aliphatic carbocycles. The van der Waals surface area contributed by atoms with Crippen LogP contribution < -0.4 is 5.73 Å². The van der Waals surface area contributed by atoms with E-state index in [1.54, 1.807) is 0 Å². The van der Waals surface area contributed by atoms with Crippen molar-refractivity contribution < 1.29 is 5.11 Å². The first-order chi connectivity index (χ1) is 8.77. The third kappa shape index (κ3) is 1.64. The Bertz CT molecular complexity index is 549. The van der Waals surface area contributed by atoms with Crippen LogP contribution in [0.25, 0.3) is 10.8 Å². The predicted molar refractivity (Wildman–Crippen MR) is 74.2 cm³/mol. The standard InChI is InChI=1S/C16H19NO/c17-15(16(11-18)9-4-10-16)14-8-3-6-12-5-1-2-7-13(12)14/h1-3,5-8,15,18H,4,9-11,17H2. The predicted octanol–water partition coefficient (Wildman–Crippen LogP) is 3.00. The molecule has 0 amide bonds. The van der Waals surface area contributed by atoms with Crippen LogP contribution in [0.4, 0.5) is 0 Å². The average Bonchev–Trinajstić information content (AvgIpc) is 2.37. The van der Waals surface area contributed by atoms with E-state index in [2.05, 4.69) is 30.3 Å². The van der Waals surface area contributed by atoms with Gasteiger partial charge in [0, 0.05) is 11.5 Å². The van der Waals surface area contributed by atoms with Gasteiger partial charge < -0.3 is 10.8 Å². The molecule has 1 aliphatic rings. The van der Waals surface area contributed by atoms with E-state index < -0.39 is 0 Å². The normalized spacial score (nSPS) is 19.4. The second kappa shape index (κ2) is 4.38. The highest BCUT2D eigenvalue weighted by Crippen LogP contribution is 2.49. The lowest BCUT2D eigenvalue weighted by Gasteiger charge is -2.45. The van der Waals surface area contributed by atoms with Gasteiger partial charge in [-0.05, 0) is 29.2 Å². The van der Waals surface area contributed by atoms with Crippen molar-refractivity contribution in [2.24, 2.45) is 11.1 Å². The molecule has 3 N–H and O–H groups in total. The molecule has 94 valence electrons. The number of hydrogen-bond acceptors (Lipinski definition) is 2. The van der Waals surface area contributed by atoms with Gasteiger partial charge in [0.1, 0.15) is 0 Å². The van der Waals surface area contributed by atoms with Crippen molar-refractivity contribution in [3.8, 4) is 0 Å². The third-order valence-electron chi connectivity index (χ3n) is 4.48. The molecular weight excluding hydrogens is 222 g/mol. The lowest BCUT2D eigenvalue weighted by molar-refractivity contribution is 0.0188. The third-order valence-corrected chi connectivity index (χ3v) is 4.48. The van der Waals surface area contributed by atoms with Gasteiger partial charge in [0.2, 0.25) is 0 Å². The van der Waals surface area contributed by atoms with Crippen molar-refractivity contribution in [3.05, 3.63) is 48.0 Å². The van der Waals surface area contributed by atoms with Crippen LogP contribution in [0.15, 0.2) is 42.5 Å². The zero-order valence-corrected chi connectivity index (χ0v) is 10.5. The van der Waals surface area contributed by atoms with Gasteiger partial charge in [-0.15, -0.1) is 0 Å². The summed E-state index contributed by atoms with van der Waals surface area (Å²) in [5, 5.41) is 12.1. The molecule has 0 saturated heterocycles. The van der Waals surface area contributed by atoms with Gasteiger partial charge in [-0.3, -0.25) is 0 Å². The first-order valence-corrected chi connectivity index (χ1v) is 6.61. The number of rotatable bonds is 3. The van der Waals surface area contributed by atoms with E-state index in [9.17, 15) is 5.11 Å². The molecule has 1 unspecified atom stereocenters. The molecule has 0 bridgehead atoms. The van der Waals surface area contributed by atoms with Crippen molar-refractivity contribution in [1.29, 1.82) is 0 Å². The summed E-state index contributed by atoms with van der Waals surface area (Å²) in [6.07, 6.45) is 3.25. The zero-order valence-electron chi connectivity index (χ0n) is 10.5. The lowest BCUT2D eigenvalue weighted by atomic mass is 9.63. The highest BCUT2D eigenvalue weighted by molar-refractivity contribution is 5.86. The van der Waals surface area contributed by atoms with Gasteiger partial charge in [0.05, 0.1) is 6.61 Å². The minimum absolute atomic E-state index is 0.0673. The molecule has 0 heterocycles. The number of benzene rings is 2. The van der Waals surface area contributed by atoms with Crippen LogP contribution in [-0.2, 0) is 0 Å². The summed E-state index contributed by atoms with van der Waals surface area (Å²) in [6.45, 7) is 0.192. The van der Waals surface area contributed by atoms with E-state index in [1.165, 1.54) is 22.8 Å². The Kier molecular flexibility index (Phi) is 2.84. The molecule has 2 aromatic rings. The first-order valence-electron chi connectivity index (χ1n) is 6.61. The summed E-state index contributed by atoms with van der Waals surface area (Å²) < 4.78 is 0. The fourth-order valence-corrected chi connectivity index (χ4v) is 3.05.